The van der Waals surface area contributed by atoms with Crippen molar-refractivity contribution in [3.63, 3.8) is 0 Å². The number of hydrogen-bond acceptors (Lipinski definition) is 2. The predicted octanol–water partition coefficient (Wildman–Crippen LogP) is 3.13. The Hall–Kier alpha value is -0.340. The van der Waals surface area contributed by atoms with E-state index in [1.807, 2.05) is 13.8 Å². The maximum absolute atomic E-state index is 5.61. The van der Waals surface area contributed by atoms with Gasteiger partial charge in [-0.1, -0.05) is 11.6 Å². The third-order valence-corrected chi connectivity index (χ3v) is 3.63. The summed E-state index contributed by atoms with van der Waals surface area (Å²) in [6.45, 7) is 5.58. The average molecular weight is 210 g/mol. The van der Waals surface area contributed by atoms with Crippen LogP contribution in [0.5, 0.6) is 0 Å². The smallest absolute Gasteiger partial charge is 0.157 e. The lowest BCUT2D eigenvalue weighted by Gasteiger charge is -2.24. The van der Waals surface area contributed by atoms with Gasteiger partial charge in [-0.25, -0.2) is 0 Å². The van der Waals surface area contributed by atoms with E-state index >= 15 is 0 Å². The first-order valence-electron chi connectivity index (χ1n) is 6.24. The van der Waals surface area contributed by atoms with E-state index < -0.39 is 0 Å². The highest BCUT2D eigenvalue weighted by Gasteiger charge is 2.35. The van der Waals surface area contributed by atoms with Crippen molar-refractivity contribution in [3.05, 3.63) is 11.6 Å². The minimum Gasteiger partial charge on any atom is -0.353 e. The lowest BCUT2D eigenvalue weighted by atomic mass is 9.89. The van der Waals surface area contributed by atoms with E-state index in [4.69, 9.17) is 9.47 Å². The summed E-state index contributed by atoms with van der Waals surface area (Å²) < 4.78 is 11.2. The molecule has 2 unspecified atom stereocenters. The summed E-state index contributed by atoms with van der Waals surface area (Å²) >= 11 is 0. The molecule has 0 aromatic heterocycles. The highest BCUT2D eigenvalue weighted by molar-refractivity contribution is 5.18. The van der Waals surface area contributed by atoms with Crippen molar-refractivity contribution in [1.29, 1.82) is 0 Å². The zero-order chi connectivity index (χ0) is 10.7. The van der Waals surface area contributed by atoms with Gasteiger partial charge in [-0.15, -0.1) is 0 Å². The number of ether oxygens (including phenoxy) is 2. The number of hydrogen-bond donors (Lipinski definition) is 0. The second kappa shape index (κ2) is 5.13. The van der Waals surface area contributed by atoms with Gasteiger partial charge in [-0.05, 0) is 44.9 Å². The summed E-state index contributed by atoms with van der Waals surface area (Å²) in [6, 6.07) is 0. The molecule has 86 valence electrons. The van der Waals surface area contributed by atoms with Crippen LogP contribution in [0.15, 0.2) is 11.6 Å². The molecule has 0 radical (unpaired) electrons. The van der Waals surface area contributed by atoms with Crippen LogP contribution in [-0.2, 0) is 9.47 Å². The van der Waals surface area contributed by atoms with Gasteiger partial charge in [0.1, 0.15) is 0 Å². The van der Waals surface area contributed by atoms with E-state index in [0.717, 1.165) is 31.5 Å². The van der Waals surface area contributed by atoms with Crippen LogP contribution in [0.25, 0.3) is 0 Å². The van der Waals surface area contributed by atoms with Crippen molar-refractivity contribution in [3.8, 4) is 0 Å². The lowest BCUT2D eigenvalue weighted by Crippen LogP contribution is -2.23. The molecule has 2 atom stereocenters. The minimum atomic E-state index is 0.0324. The molecule has 0 N–H and O–H groups in total. The number of rotatable bonds is 6. The van der Waals surface area contributed by atoms with Crippen LogP contribution in [-0.4, -0.2) is 19.5 Å². The topological polar surface area (TPSA) is 18.5 Å². The van der Waals surface area contributed by atoms with Crippen LogP contribution < -0.4 is 0 Å². The Kier molecular flexibility index (Phi) is 3.81. The van der Waals surface area contributed by atoms with Gasteiger partial charge in [0.15, 0.2) is 6.29 Å². The van der Waals surface area contributed by atoms with E-state index in [-0.39, 0.29) is 6.29 Å². The maximum Gasteiger partial charge on any atom is 0.157 e. The summed E-state index contributed by atoms with van der Waals surface area (Å²) in [5.41, 5.74) is 1.68. The molecule has 0 saturated heterocycles. The Morgan fingerprint density at radius 3 is 2.47 bits per heavy atom. The molecule has 1 saturated carbocycles. The molecular weight excluding hydrogens is 188 g/mol. The highest BCUT2D eigenvalue weighted by atomic mass is 16.7. The van der Waals surface area contributed by atoms with Gasteiger partial charge in [0.25, 0.3) is 0 Å². The summed E-state index contributed by atoms with van der Waals surface area (Å²) in [5.74, 6) is 1.71. The van der Waals surface area contributed by atoms with Gasteiger partial charge in [0.2, 0.25) is 0 Å². The van der Waals surface area contributed by atoms with Crippen molar-refractivity contribution in [2.24, 2.45) is 11.8 Å². The first kappa shape index (κ1) is 11.2. The fourth-order valence-electron chi connectivity index (χ4n) is 2.93. The van der Waals surface area contributed by atoms with E-state index in [0.29, 0.717) is 0 Å². The van der Waals surface area contributed by atoms with Crippen LogP contribution in [0.1, 0.15) is 39.5 Å². The fourth-order valence-corrected chi connectivity index (χ4v) is 2.93. The van der Waals surface area contributed by atoms with Crippen molar-refractivity contribution in [2.75, 3.05) is 13.2 Å². The largest absolute Gasteiger partial charge is 0.353 e. The SMILES string of the molecule is CCOC(CC1CC2=CCC1C2)OCC. The Morgan fingerprint density at radius 2 is 2.00 bits per heavy atom. The molecular formula is C13H22O2. The average Bonchev–Trinajstić information content (AvgIpc) is 2.80. The number of fused-ring (bicyclic) bond motifs is 2. The molecule has 0 amide bonds. The Bertz CT molecular complexity index is 229. The van der Waals surface area contributed by atoms with E-state index in [1.165, 1.54) is 19.3 Å². The normalized spacial score (nSPS) is 28.9. The lowest BCUT2D eigenvalue weighted by molar-refractivity contribution is -0.147. The summed E-state index contributed by atoms with van der Waals surface area (Å²) in [6.07, 6.45) is 7.48. The van der Waals surface area contributed by atoms with E-state index in [1.54, 1.807) is 5.57 Å². The van der Waals surface area contributed by atoms with Gasteiger partial charge < -0.3 is 9.47 Å². The third-order valence-electron chi connectivity index (χ3n) is 3.63. The molecule has 0 aliphatic heterocycles. The van der Waals surface area contributed by atoms with Gasteiger partial charge >= 0.3 is 0 Å². The molecule has 0 aromatic rings. The van der Waals surface area contributed by atoms with Crippen LogP contribution in [0, 0.1) is 11.8 Å². The second-order valence-electron chi connectivity index (χ2n) is 4.60. The second-order valence-corrected chi connectivity index (χ2v) is 4.60. The summed E-state index contributed by atoms with van der Waals surface area (Å²) in [4.78, 5) is 0. The quantitative estimate of drug-likeness (QED) is 0.495. The van der Waals surface area contributed by atoms with Crippen molar-refractivity contribution in [1.82, 2.24) is 0 Å². The fraction of sp³-hybridized carbons (Fsp3) is 0.846. The van der Waals surface area contributed by atoms with Crippen LogP contribution >= 0.6 is 0 Å². The summed E-state index contributed by atoms with van der Waals surface area (Å²) in [5, 5.41) is 0. The molecule has 2 aliphatic rings. The molecule has 15 heavy (non-hydrogen) atoms. The zero-order valence-corrected chi connectivity index (χ0v) is 9.87. The Morgan fingerprint density at radius 1 is 1.27 bits per heavy atom. The molecule has 2 nitrogen and oxygen atoms in total. The first-order valence-corrected chi connectivity index (χ1v) is 6.24. The van der Waals surface area contributed by atoms with Crippen molar-refractivity contribution < 1.29 is 9.47 Å². The zero-order valence-electron chi connectivity index (χ0n) is 9.87. The molecule has 1 fully saturated rings. The maximum atomic E-state index is 5.61. The standard InChI is InChI=1S/C13H22O2/c1-3-14-13(15-4-2)9-12-8-10-5-6-11(12)7-10/h5,11-13H,3-4,6-9H2,1-2H3. The Labute approximate surface area is 92.6 Å². The van der Waals surface area contributed by atoms with Crippen molar-refractivity contribution in [2.45, 2.75) is 45.8 Å². The molecule has 0 aromatic carbocycles. The van der Waals surface area contributed by atoms with Crippen LogP contribution in [0.3, 0.4) is 0 Å². The summed E-state index contributed by atoms with van der Waals surface area (Å²) in [7, 11) is 0. The Balaban J connectivity index is 1.81. The molecule has 2 aliphatic carbocycles. The van der Waals surface area contributed by atoms with Gasteiger partial charge in [0, 0.05) is 19.6 Å². The van der Waals surface area contributed by atoms with Crippen LogP contribution in [0.2, 0.25) is 0 Å². The van der Waals surface area contributed by atoms with Crippen LogP contribution in [0.4, 0.5) is 0 Å². The molecule has 0 spiro atoms. The third kappa shape index (κ3) is 2.61. The van der Waals surface area contributed by atoms with Gasteiger partial charge in [0.05, 0.1) is 0 Å². The van der Waals surface area contributed by atoms with E-state index in [9.17, 15) is 0 Å². The molecule has 0 heterocycles. The predicted molar refractivity (Wildman–Crippen MR) is 60.6 cm³/mol. The van der Waals surface area contributed by atoms with Crippen molar-refractivity contribution >= 4 is 0 Å². The van der Waals surface area contributed by atoms with Gasteiger partial charge in [-0.3, -0.25) is 0 Å². The monoisotopic (exact) mass is 210 g/mol. The van der Waals surface area contributed by atoms with Gasteiger partial charge in [-0.2, -0.15) is 0 Å². The minimum absolute atomic E-state index is 0.0324. The number of allylic oxidation sites excluding steroid dienone is 2. The highest BCUT2D eigenvalue weighted by Crippen LogP contribution is 2.46. The van der Waals surface area contributed by atoms with E-state index in [2.05, 4.69) is 6.08 Å². The molecule has 2 heteroatoms. The first-order chi connectivity index (χ1) is 7.33. The molecule has 2 rings (SSSR count). The molecule has 2 bridgehead atoms.